The molecule has 0 aromatic carbocycles. The summed E-state index contributed by atoms with van der Waals surface area (Å²) in [6.07, 6.45) is 6.54. The molecule has 0 aromatic heterocycles. The van der Waals surface area contributed by atoms with Crippen molar-refractivity contribution in [1.82, 2.24) is 10.2 Å². The minimum absolute atomic E-state index is 0.0356. The van der Waals surface area contributed by atoms with Crippen LogP contribution in [-0.4, -0.2) is 42.3 Å². The Morgan fingerprint density at radius 2 is 2.11 bits per heavy atom. The first-order valence-electron chi connectivity index (χ1n) is 7.43. The lowest BCUT2D eigenvalue weighted by Gasteiger charge is -2.35. The van der Waals surface area contributed by atoms with E-state index in [1.807, 2.05) is 0 Å². The van der Waals surface area contributed by atoms with Crippen molar-refractivity contribution in [1.29, 1.82) is 0 Å². The van der Waals surface area contributed by atoms with E-state index in [9.17, 15) is 4.79 Å². The zero-order chi connectivity index (χ0) is 13.0. The molecule has 2 saturated heterocycles. The van der Waals surface area contributed by atoms with Crippen molar-refractivity contribution in [2.45, 2.75) is 70.6 Å². The summed E-state index contributed by atoms with van der Waals surface area (Å²) in [6.45, 7) is 5.88. The highest BCUT2D eigenvalue weighted by atomic mass is 16.5. The molecule has 18 heavy (non-hydrogen) atoms. The molecule has 2 aliphatic heterocycles. The molecule has 0 spiro atoms. The van der Waals surface area contributed by atoms with Crippen LogP contribution < -0.4 is 5.32 Å². The van der Waals surface area contributed by atoms with Gasteiger partial charge in [0.2, 0.25) is 5.91 Å². The monoisotopic (exact) mass is 254 g/mol. The Kier molecular flexibility index (Phi) is 5.01. The lowest BCUT2D eigenvalue weighted by molar-refractivity contribution is -0.135. The lowest BCUT2D eigenvalue weighted by atomic mass is 10.1. The van der Waals surface area contributed by atoms with Crippen LogP contribution in [0.15, 0.2) is 0 Å². The smallest absolute Gasteiger partial charge is 0.241 e. The van der Waals surface area contributed by atoms with E-state index >= 15 is 0 Å². The van der Waals surface area contributed by atoms with E-state index in [4.69, 9.17) is 4.74 Å². The van der Waals surface area contributed by atoms with Crippen molar-refractivity contribution in [2.75, 3.05) is 13.2 Å². The number of ether oxygens (including phenoxy) is 1. The summed E-state index contributed by atoms with van der Waals surface area (Å²) in [5.41, 5.74) is 0. The summed E-state index contributed by atoms with van der Waals surface area (Å²) in [5, 5.41) is 3.51. The Hall–Kier alpha value is -0.610. The Balaban J connectivity index is 2.05. The predicted octanol–water partition coefficient (Wildman–Crippen LogP) is 1.89. The van der Waals surface area contributed by atoms with Gasteiger partial charge in [0.05, 0.1) is 24.9 Å². The second kappa shape index (κ2) is 6.53. The van der Waals surface area contributed by atoms with Crippen LogP contribution in [0.2, 0.25) is 0 Å². The molecular formula is C14H26N2O2. The van der Waals surface area contributed by atoms with Gasteiger partial charge in [-0.2, -0.15) is 0 Å². The average Bonchev–Trinajstić information content (AvgIpc) is 2.68. The van der Waals surface area contributed by atoms with Crippen LogP contribution in [-0.2, 0) is 9.53 Å². The fraction of sp³-hybridized carbons (Fsp3) is 0.929. The van der Waals surface area contributed by atoms with Crippen LogP contribution in [0.1, 0.15) is 52.4 Å². The average molecular weight is 254 g/mol. The maximum atomic E-state index is 12.5. The van der Waals surface area contributed by atoms with Crippen LogP contribution >= 0.6 is 0 Å². The number of nitrogens with one attached hydrogen (secondary N) is 1. The van der Waals surface area contributed by atoms with Gasteiger partial charge < -0.3 is 9.64 Å². The molecule has 3 unspecified atom stereocenters. The van der Waals surface area contributed by atoms with Crippen LogP contribution in [0.3, 0.4) is 0 Å². The molecule has 104 valence electrons. The van der Waals surface area contributed by atoms with Crippen LogP contribution in [0.25, 0.3) is 0 Å². The van der Waals surface area contributed by atoms with Crippen molar-refractivity contribution in [3.63, 3.8) is 0 Å². The quantitative estimate of drug-likeness (QED) is 0.814. The SMILES string of the molecule is CCCC1NC(CCC)N(C2CCCOC2)C1=O. The molecule has 0 saturated carbocycles. The molecule has 1 N–H and O–H groups in total. The Labute approximate surface area is 110 Å². The maximum Gasteiger partial charge on any atom is 0.241 e. The summed E-state index contributed by atoms with van der Waals surface area (Å²) >= 11 is 0. The molecule has 0 aliphatic carbocycles. The van der Waals surface area contributed by atoms with Gasteiger partial charge in [-0.15, -0.1) is 0 Å². The summed E-state index contributed by atoms with van der Waals surface area (Å²) in [6, 6.07) is 0.325. The first-order chi connectivity index (χ1) is 8.77. The van der Waals surface area contributed by atoms with Crippen LogP contribution in [0.4, 0.5) is 0 Å². The molecule has 4 nitrogen and oxygen atoms in total. The van der Waals surface area contributed by atoms with Gasteiger partial charge >= 0.3 is 0 Å². The number of hydrogen-bond acceptors (Lipinski definition) is 3. The first-order valence-corrected chi connectivity index (χ1v) is 7.43. The van der Waals surface area contributed by atoms with E-state index in [1.165, 1.54) is 0 Å². The third kappa shape index (κ3) is 2.86. The van der Waals surface area contributed by atoms with E-state index in [-0.39, 0.29) is 18.2 Å². The largest absolute Gasteiger partial charge is 0.379 e. The molecule has 1 amide bonds. The summed E-state index contributed by atoms with van der Waals surface area (Å²) < 4.78 is 5.54. The Morgan fingerprint density at radius 1 is 1.33 bits per heavy atom. The fourth-order valence-corrected chi connectivity index (χ4v) is 3.09. The summed E-state index contributed by atoms with van der Waals surface area (Å²) in [7, 11) is 0. The van der Waals surface area contributed by atoms with E-state index < -0.39 is 0 Å². The number of carbonyl (C=O) groups excluding carboxylic acids is 1. The lowest BCUT2D eigenvalue weighted by Crippen LogP contribution is -2.48. The zero-order valence-corrected chi connectivity index (χ0v) is 11.7. The maximum absolute atomic E-state index is 12.5. The molecule has 4 heteroatoms. The van der Waals surface area contributed by atoms with Crippen molar-refractivity contribution >= 4 is 5.91 Å². The van der Waals surface area contributed by atoms with Gasteiger partial charge in [-0.25, -0.2) is 0 Å². The second-order valence-electron chi connectivity index (χ2n) is 5.43. The topological polar surface area (TPSA) is 41.6 Å². The van der Waals surface area contributed by atoms with Gasteiger partial charge in [-0.05, 0) is 25.7 Å². The van der Waals surface area contributed by atoms with Gasteiger partial charge in [0.25, 0.3) is 0 Å². The summed E-state index contributed by atoms with van der Waals surface area (Å²) in [5.74, 6) is 0.297. The van der Waals surface area contributed by atoms with E-state index in [0.29, 0.717) is 12.5 Å². The van der Waals surface area contributed by atoms with Gasteiger partial charge in [0.15, 0.2) is 0 Å². The molecule has 0 radical (unpaired) electrons. The molecule has 2 aliphatic rings. The van der Waals surface area contributed by atoms with Gasteiger partial charge in [0.1, 0.15) is 0 Å². The molecule has 2 fully saturated rings. The zero-order valence-electron chi connectivity index (χ0n) is 11.7. The standard InChI is InChI=1S/C14H26N2O2/c1-3-6-12-14(17)16(13(15-12)7-4-2)11-8-5-9-18-10-11/h11-13,15H,3-10H2,1-2H3. The van der Waals surface area contributed by atoms with Gasteiger partial charge in [-0.3, -0.25) is 10.1 Å². The summed E-state index contributed by atoms with van der Waals surface area (Å²) in [4.78, 5) is 14.6. The molecule has 0 aromatic rings. The number of rotatable bonds is 5. The van der Waals surface area contributed by atoms with Crippen molar-refractivity contribution < 1.29 is 9.53 Å². The fourth-order valence-electron chi connectivity index (χ4n) is 3.09. The second-order valence-corrected chi connectivity index (χ2v) is 5.43. The molecule has 2 heterocycles. The number of amides is 1. The van der Waals surface area contributed by atoms with Crippen LogP contribution in [0, 0.1) is 0 Å². The van der Waals surface area contributed by atoms with E-state index in [0.717, 1.165) is 45.1 Å². The van der Waals surface area contributed by atoms with Crippen molar-refractivity contribution in [3.05, 3.63) is 0 Å². The Bertz CT molecular complexity index is 277. The minimum Gasteiger partial charge on any atom is -0.379 e. The molecular weight excluding hydrogens is 228 g/mol. The van der Waals surface area contributed by atoms with Gasteiger partial charge in [0, 0.05) is 6.61 Å². The first kappa shape index (κ1) is 13.8. The van der Waals surface area contributed by atoms with E-state index in [2.05, 4.69) is 24.1 Å². The van der Waals surface area contributed by atoms with Crippen molar-refractivity contribution in [3.8, 4) is 0 Å². The van der Waals surface area contributed by atoms with E-state index in [1.54, 1.807) is 0 Å². The highest BCUT2D eigenvalue weighted by Gasteiger charge is 2.41. The predicted molar refractivity (Wildman–Crippen MR) is 71.2 cm³/mol. The minimum atomic E-state index is 0.0356. The third-order valence-corrected chi connectivity index (χ3v) is 3.95. The van der Waals surface area contributed by atoms with Gasteiger partial charge in [-0.1, -0.05) is 26.7 Å². The normalized spacial score (nSPS) is 33.1. The molecule has 2 rings (SSSR count). The highest BCUT2D eigenvalue weighted by molar-refractivity contribution is 5.84. The molecule has 3 atom stereocenters. The van der Waals surface area contributed by atoms with Crippen LogP contribution in [0.5, 0.6) is 0 Å². The third-order valence-electron chi connectivity index (χ3n) is 3.95. The number of nitrogens with zero attached hydrogens (tertiary/aromatic N) is 1. The Morgan fingerprint density at radius 3 is 2.72 bits per heavy atom. The highest BCUT2D eigenvalue weighted by Crippen LogP contribution is 2.24. The number of hydrogen-bond donors (Lipinski definition) is 1. The van der Waals surface area contributed by atoms with Crippen molar-refractivity contribution in [2.24, 2.45) is 0 Å². The number of carbonyl (C=O) groups is 1. The molecule has 0 bridgehead atoms.